The molecule has 0 bridgehead atoms. The second kappa shape index (κ2) is 11.6. The van der Waals surface area contributed by atoms with E-state index in [0.717, 1.165) is 5.56 Å². The van der Waals surface area contributed by atoms with Crippen LogP contribution in [0.2, 0.25) is 0 Å². The predicted octanol–water partition coefficient (Wildman–Crippen LogP) is 3.96. The van der Waals surface area contributed by atoms with Crippen LogP contribution >= 0.6 is 11.3 Å². The number of hydrogen-bond donors (Lipinski definition) is 0. The average Bonchev–Trinajstić information content (AvgIpc) is 3.31. The van der Waals surface area contributed by atoms with Crippen molar-refractivity contribution in [2.45, 2.75) is 13.0 Å². The van der Waals surface area contributed by atoms with Crippen LogP contribution in [0.5, 0.6) is 17.2 Å². The molecule has 0 unspecified atom stereocenters. The summed E-state index contributed by atoms with van der Waals surface area (Å²) in [6.07, 6.45) is 1.76. The molecule has 1 aromatic heterocycles. The van der Waals surface area contributed by atoms with E-state index in [1.807, 2.05) is 60.7 Å². The van der Waals surface area contributed by atoms with E-state index in [2.05, 4.69) is 0 Å². The molecule has 0 N–H and O–H groups in total. The average molecular weight is 557 g/mol. The number of nitrogens with zero attached hydrogens (tertiary/aromatic N) is 2. The van der Waals surface area contributed by atoms with Gasteiger partial charge in [-0.15, -0.1) is 0 Å². The van der Waals surface area contributed by atoms with Crippen LogP contribution in [0, 0.1) is 0 Å². The molecule has 1 atom stereocenters. The van der Waals surface area contributed by atoms with Crippen molar-refractivity contribution in [3.05, 3.63) is 115 Å². The molecule has 0 saturated heterocycles. The first-order valence-corrected chi connectivity index (χ1v) is 13.4. The molecule has 0 amide bonds. The van der Waals surface area contributed by atoms with E-state index in [1.54, 1.807) is 51.0 Å². The van der Waals surface area contributed by atoms with Crippen molar-refractivity contribution < 1.29 is 23.7 Å². The zero-order valence-corrected chi connectivity index (χ0v) is 23.4. The van der Waals surface area contributed by atoms with Gasteiger partial charge in [0.1, 0.15) is 17.2 Å². The second-order valence-electron chi connectivity index (χ2n) is 8.82. The fourth-order valence-corrected chi connectivity index (χ4v) is 5.64. The Bertz CT molecular complexity index is 1770. The minimum atomic E-state index is -0.791. The molecule has 0 aliphatic carbocycles. The largest absolute Gasteiger partial charge is 0.497 e. The van der Waals surface area contributed by atoms with Gasteiger partial charge in [-0.2, -0.15) is 0 Å². The van der Waals surface area contributed by atoms with E-state index in [4.69, 9.17) is 23.9 Å². The first kappa shape index (κ1) is 27.0. The molecule has 0 radical (unpaired) electrons. The number of rotatable bonds is 8. The highest BCUT2D eigenvalue weighted by Crippen LogP contribution is 2.36. The molecule has 3 aromatic carbocycles. The maximum atomic E-state index is 14.1. The number of fused-ring (bicyclic) bond motifs is 1. The molecule has 40 heavy (non-hydrogen) atoms. The van der Waals surface area contributed by atoms with Gasteiger partial charge in [0.2, 0.25) is 0 Å². The Kier molecular flexibility index (Phi) is 7.84. The number of carbonyl (C=O) groups is 1. The number of esters is 1. The minimum Gasteiger partial charge on any atom is -0.497 e. The summed E-state index contributed by atoms with van der Waals surface area (Å²) < 4.78 is 23.8. The van der Waals surface area contributed by atoms with Gasteiger partial charge in [-0.3, -0.25) is 9.36 Å². The van der Waals surface area contributed by atoms with Gasteiger partial charge in [-0.1, -0.05) is 53.8 Å². The Labute approximate surface area is 235 Å². The van der Waals surface area contributed by atoms with Crippen LogP contribution in [0.25, 0.3) is 11.8 Å². The lowest BCUT2D eigenvalue weighted by Gasteiger charge is -2.26. The van der Waals surface area contributed by atoms with E-state index in [0.29, 0.717) is 43.4 Å². The summed E-state index contributed by atoms with van der Waals surface area (Å²) in [6.45, 7) is 1.93. The standard InChI is InChI=1S/C31H28N2O6S/c1-5-39-30(35)26-27(19-10-7-6-8-11-19)32-31-33(28(26)21-12-9-13-22(16-21)36-2)29(34)25(40-31)17-20-14-15-23(37-3)18-24(20)38-4/h6-18,28H,5H2,1-4H3/t28-/m1/s1. The zero-order valence-electron chi connectivity index (χ0n) is 22.5. The molecule has 1 aliphatic rings. The summed E-state index contributed by atoms with van der Waals surface area (Å²) in [5.41, 5.74) is 2.60. The third kappa shape index (κ3) is 5.03. The van der Waals surface area contributed by atoms with E-state index < -0.39 is 12.0 Å². The Morgan fingerprint density at radius 2 is 1.70 bits per heavy atom. The molecule has 0 saturated carbocycles. The summed E-state index contributed by atoms with van der Waals surface area (Å²) in [5.74, 6) is 1.26. The summed E-state index contributed by atoms with van der Waals surface area (Å²) in [7, 11) is 4.72. The summed E-state index contributed by atoms with van der Waals surface area (Å²) in [5, 5.41) is 0. The Morgan fingerprint density at radius 1 is 0.950 bits per heavy atom. The topological polar surface area (TPSA) is 88.4 Å². The van der Waals surface area contributed by atoms with E-state index >= 15 is 0 Å². The van der Waals surface area contributed by atoms with Crippen LogP contribution in [0.3, 0.4) is 0 Å². The van der Waals surface area contributed by atoms with Crippen molar-refractivity contribution in [3.8, 4) is 17.2 Å². The molecular formula is C31H28N2O6S. The number of aromatic nitrogens is 1. The first-order valence-electron chi connectivity index (χ1n) is 12.6. The lowest BCUT2D eigenvalue weighted by molar-refractivity contribution is -0.138. The summed E-state index contributed by atoms with van der Waals surface area (Å²) in [6, 6.07) is 21.4. The summed E-state index contributed by atoms with van der Waals surface area (Å²) >= 11 is 1.24. The number of thiazole rings is 1. The van der Waals surface area contributed by atoms with E-state index in [1.165, 1.54) is 11.3 Å². The van der Waals surface area contributed by atoms with Crippen LogP contribution in [0.4, 0.5) is 0 Å². The van der Waals surface area contributed by atoms with Gasteiger partial charge < -0.3 is 18.9 Å². The quantitative estimate of drug-likeness (QED) is 0.306. The monoisotopic (exact) mass is 556 g/mol. The number of benzene rings is 3. The van der Waals surface area contributed by atoms with Crippen molar-refractivity contribution >= 4 is 29.1 Å². The highest BCUT2D eigenvalue weighted by molar-refractivity contribution is 7.07. The van der Waals surface area contributed by atoms with Gasteiger partial charge in [0, 0.05) is 17.2 Å². The number of methoxy groups -OCH3 is 3. The van der Waals surface area contributed by atoms with Gasteiger partial charge in [0.05, 0.1) is 49.8 Å². The fraction of sp³-hybridized carbons (Fsp3) is 0.194. The highest BCUT2D eigenvalue weighted by Gasteiger charge is 2.35. The smallest absolute Gasteiger partial charge is 0.338 e. The Morgan fingerprint density at radius 3 is 2.40 bits per heavy atom. The number of hydrogen-bond acceptors (Lipinski definition) is 8. The van der Waals surface area contributed by atoms with Crippen LogP contribution in [0.15, 0.2) is 88.2 Å². The normalized spacial score (nSPS) is 14.8. The molecule has 0 fully saturated rings. The third-order valence-corrected chi connectivity index (χ3v) is 7.49. The maximum absolute atomic E-state index is 14.1. The molecule has 1 aliphatic heterocycles. The molecule has 0 spiro atoms. The summed E-state index contributed by atoms with van der Waals surface area (Å²) in [4.78, 5) is 33.0. The van der Waals surface area contributed by atoms with Crippen molar-refractivity contribution in [1.82, 2.24) is 4.57 Å². The first-order chi connectivity index (χ1) is 19.5. The van der Waals surface area contributed by atoms with Crippen LogP contribution < -0.4 is 29.1 Å². The van der Waals surface area contributed by atoms with Crippen molar-refractivity contribution in [2.24, 2.45) is 4.99 Å². The Balaban J connectivity index is 1.82. The SMILES string of the molecule is CCOC(=O)C1=C(c2ccccc2)N=c2sc(=Cc3ccc(OC)cc3OC)c(=O)n2[C@@H]1c1cccc(OC)c1. The second-order valence-corrected chi connectivity index (χ2v) is 9.83. The van der Waals surface area contributed by atoms with Crippen LogP contribution in [-0.2, 0) is 9.53 Å². The van der Waals surface area contributed by atoms with Crippen molar-refractivity contribution in [3.63, 3.8) is 0 Å². The zero-order chi connectivity index (χ0) is 28.2. The minimum absolute atomic E-state index is 0.177. The predicted molar refractivity (Wildman–Crippen MR) is 154 cm³/mol. The molecule has 9 heteroatoms. The molecule has 8 nitrogen and oxygen atoms in total. The van der Waals surface area contributed by atoms with Crippen molar-refractivity contribution in [1.29, 1.82) is 0 Å². The molecule has 4 aromatic rings. The van der Waals surface area contributed by atoms with Gasteiger partial charge in [0.15, 0.2) is 4.80 Å². The Hall–Kier alpha value is -4.63. The van der Waals surface area contributed by atoms with Gasteiger partial charge in [-0.05, 0) is 42.8 Å². The van der Waals surface area contributed by atoms with Gasteiger partial charge in [0.25, 0.3) is 5.56 Å². The highest BCUT2D eigenvalue weighted by atomic mass is 32.1. The van der Waals surface area contributed by atoms with Crippen LogP contribution in [-0.4, -0.2) is 38.5 Å². The molecule has 2 heterocycles. The maximum Gasteiger partial charge on any atom is 0.338 e. The number of carbonyl (C=O) groups excluding carboxylic acids is 1. The van der Waals surface area contributed by atoms with Gasteiger partial charge in [-0.25, -0.2) is 9.79 Å². The molecule has 5 rings (SSSR count). The van der Waals surface area contributed by atoms with Crippen molar-refractivity contribution in [2.75, 3.05) is 27.9 Å². The molecule has 204 valence electrons. The number of ether oxygens (including phenoxy) is 4. The molecular weight excluding hydrogens is 528 g/mol. The lowest BCUT2D eigenvalue weighted by atomic mass is 9.93. The third-order valence-electron chi connectivity index (χ3n) is 6.51. The fourth-order valence-electron chi connectivity index (χ4n) is 4.65. The van der Waals surface area contributed by atoms with E-state index in [-0.39, 0.29) is 17.7 Å². The van der Waals surface area contributed by atoms with Gasteiger partial charge >= 0.3 is 5.97 Å². The van der Waals surface area contributed by atoms with E-state index in [9.17, 15) is 9.59 Å². The van der Waals surface area contributed by atoms with Crippen LogP contribution in [0.1, 0.15) is 29.7 Å². The lowest BCUT2D eigenvalue weighted by Crippen LogP contribution is -2.40.